The van der Waals surface area contributed by atoms with E-state index in [1.54, 1.807) is 0 Å². The highest BCUT2D eigenvalue weighted by atomic mass is 16.4. The highest BCUT2D eigenvalue weighted by molar-refractivity contribution is 5.86. The van der Waals surface area contributed by atoms with Gasteiger partial charge in [-0.25, -0.2) is 0 Å². The van der Waals surface area contributed by atoms with E-state index in [0.717, 1.165) is 13.0 Å². The number of nitrogens with one attached hydrogen (secondary N) is 1. The van der Waals surface area contributed by atoms with E-state index in [4.69, 9.17) is 0 Å². The summed E-state index contributed by atoms with van der Waals surface area (Å²) in [6.45, 7) is 0.725. The van der Waals surface area contributed by atoms with Crippen LogP contribution < -0.4 is 5.32 Å². The molecule has 2 fully saturated rings. The molecular formula is C16H23NO3. The summed E-state index contributed by atoms with van der Waals surface area (Å²) in [5.74, 6) is -0.956. The van der Waals surface area contributed by atoms with Gasteiger partial charge in [0.05, 0.1) is 11.8 Å². The van der Waals surface area contributed by atoms with Crippen molar-refractivity contribution in [1.29, 1.82) is 0 Å². The van der Waals surface area contributed by atoms with Crippen LogP contribution in [0.3, 0.4) is 0 Å². The largest absolute Gasteiger partial charge is 0.481 e. The minimum atomic E-state index is -0.820. The number of carboxylic acids is 1. The van der Waals surface area contributed by atoms with Crippen LogP contribution in [-0.2, 0) is 9.59 Å². The average molecular weight is 277 g/mol. The Morgan fingerprint density at radius 1 is 1.05 bits per heavy atom. The van der Waals surface area contributed by atoms with Gasteiger partial charge in [-0.15, -0.1) is 0 Å². The van der Waals surface area contributed by atoms with Crippen molar-refractivity contribution in [2.24, 2.45) is 29.6 Å². The van der Waals surface area contributed by atoms with E-state index < -0.39 is 11.9 Å². The second kappa shape index (κ2) is 5.58. The molecule has 4 atom stereocenters. The maximum absolute atomic E-state index is 12.4. The summed E-state index contributed by atoms with van der Waals surface area (Å²) >= 11 is 0. The van der Waals surface area contributed by atoms with Gasteiger partial charge in [-0.1, -0.05) is 31.4 Å². The fourth-order valence-corrected chi connectivity index (χ4v) is 4.27. The standard InChI is InChI=1S/C16H23NO3/c18-15(17-9-10-4-2-1-3-5-10)13-11-6-7-12(8-11)14(13)16(19)20/h6-7,10-14H,1-5,8-9H2,(H,17,18)(H,19,20)/t11-,12+,13-,14+/m1/s1. The van der Waals surface area contributed by atoms with Gasteiger partial charge in [-0.3, -0.25) is 9.59 Å². The Morgan fingerprint density at radius 3 is 2.35 bits per heavy atom. The molecule has 2 bridgehead atoms. The molecule has 2 saturated carbocycles. The Morgan fingerprint density at radius 2 is 1.70 bits per heavy atom. The Hall–Kier alpha value is -1.32. The second-order valence-corrected chi connectivity index (χ2v) is 6.59. The van der Waals surface area contributed by atoms with Crippen LogP contribution in [-0.4, -0.2) is 23.5 Å². The maximum atomic E-state index is 12.4. The number of hydrogen-bond donors (Lipinski definition) is 2. The minimum absolute atomic E-state index is 0.0418. The second-order valence-electron chi connectivity index (χ2n) is 6.59. The predicted octanol–water partition coefficient (Wildman–Crippen LogP) is 2.21. The van der Waals surface area contributed by atoms with E-state index in [1.807, 2.05) is 12.2 Å². The van der Waals surface area contributed by atoms with Crippen LogP contribution in [0.5, 0.6) is 0 Å². The van der Waals surface area contributed by atoms with Crippen LogP contribution in [0.2, 0.25) is 0 Å². The van der Waals surface area contributed by atoms with Crippen LogP contribution in [0.15, 0.2) is 12.2 Å². The third-order valence-electron chi connectivity index (χ3n) is 5.34. The molecule has 0 aliphatic heterocycles. The van der Waals surface area contributed by atoms with Gasteiger partial charge in [-0.05, 0) is 37.0 Å². The highest BCUT2D eigenvalue weighted by Gasteiger charge is 2.51. The summed E-state index contributed by atoms with van der Waals surface area (Å²) in [5, 5.41) is 12.4. The quantitative estimate of drug-likeness (QED) is 0.774. The monoisotopic (exact) mass is 277 g/mol. The fraction of sp³-hybridized carbons (Fsp3) is 0.750. The van der Waals surface area contributed by atoms with E-state index >= 15 is 0 Å². The molecule has 3 aliphatic carbocycles. The van der Waals surface area contributed by atoms with Gasteiger partial charge < -0.3 is 10.4 Å². The van der Waals surface area contributed by atoms with Crippen LogP contribution in [0, 0.1) is 29.6 Å². The van der Waals surface area contributed by atoms with Crippen molar-refractivity contribution in [3.63, 3.8) is 0 Å². The molecule has 20 heavy (non-hydrogen) atoms. The van der Waals surface area contributed by atoms with Crippen molar-refractivity contribution in [2.75, 3.05) is 6.54 Å². The minimum Gasteiger partial charge on any atom is -0.481 e. The van der Waals surface area contributed by atoms with Crippen LogP contribution >= 0.6 is 0 Å². The number of carbonyl (C=O) groups is 2. The number of carbonyl (C=O) groups excluding carboxylic acids is 1. The fourth-order valence-electron chi connectivity index (χ4n) is 4.27. The lowest BCUT2D eigenvalue weighted by Crippen LogP contribution is -2.42. The molecular weight excluding hydrogens is 254 g/mol. The van der Waals surface area contributed by atoms with E-state index in [1.165, 1.54) is 32.1 Å². The zero-order valence-corrected chi connectivity index (χ0v) is 11.8. The van der Waals surface area contributed by atoms with Gasteiger partial charge in [0.25, 0.3) is 0 Å². The van der Waals surface area contributed by atoms with Crippen molar-refractivity contribution in [3.8, 4) is 0 Å². The first-order valence-corrected chi connectivity index (χ1v) is 7.85. The predicted molar refractivity (Wildman–Crippen MR) is 74.9 cm³/mol. The molecule has 0 aromatic rings. The van der Waals surface area contributed by atoms with Crippen molar-refractivity contribution >= 4 is 11.9 Å². The average Bonchev–Trinajstić information content (AvgIpc) is 3.06. The molecule has 0 spiro atoms. The topological polar surface area (TPSA) is 66.4 Å². The lowest BCUT2D eigenvalue weighted by atomic mass is 9.82. The lowest BCUT2D eigenvalue weighted by Gasteiger charge is -2.26. The molecule has 3 rings (SSSR count). The molecule has 3 aliphatic rings. The van der Waals surface area contributed by atoms with Crippen LogP contribution in [0.1, 0.15) is 38.5 Å². The highest BCUT2D eigenvalue weighted by Crippen LogP contribution is 2.48. The first kappa shape index (κ1) is 13.7. The smallest absolute Gasteiger partial charge is 0.307 e. The molecule has 110 valence electrons. The van der Waals surface area contributed by atoms with Gasteiger partial charge in [-0.2, -0.15) is 0 Å². The van der Waals surface area contributed by atoms with E-state index in [2.05, 4.69) is 5.32 Å². The summed E-state index contributed by atoms with van der Waals surface area (Å²) in [5.41, 5.74) is 0. The van der Waals surface area contributed by atoms with Crippen molar-refractivity contribution < 1.29 is 14.7 Å². The molecule has 0 aromatic heterocycles. The Balaban J connectivity index is 1.58. The molecule has 0 aromatic carbocycles. The molecule has 1 amide bonds. The van der Waals surface area contributed by atoms with Gasteiger partial charge in [0.2, 0.25) is 5.91 Å². The van der Waals surface area contributed by atoms with Crippen LogP contribution in [0.4, 0.5) is 0 Å². The third-order valence-corrected chi connectivity index (χ3v) is 5.34. The van der Waals surface area contributed by atoms with E-state index in [9.17, 15) is 14.7 Å². The molecule has 0 radical (unpaired) electrons. The number of fused-ring (bicyclic) bond motifs is 2. The maximum Gasteiger partial charge on any atom is 0.307 e. The first-order valence-electron chi connectivity index (χ1n) is 7.85. The molecule has 4 nitrogen and oxygen atoms in total. The van der Waals surface area contributed by atoms with Crippen molar-refractivity contribution in [2.45, 2.75) is 38.5 Å². The molecule has 0 saturated heterocycles. The summed E-state index contributed by atoms with van der Waals surface area (Å²) in [4.78, 5) is 23.8. The first-order chi connectivity index (χ1) is 9.66. The summed E-state index contributed by atoms with van der Waals surface area (Å²) in [6, 6.07) is 0. The van der Waals surface area contributed by atoms with Gasteiger partial charge >= 0.3 is 5.97 Å². The van der Waals surface area contributed by atoms with Crippen LogP contribution in [0.25, 0.3) is 0 Å². The van der Waals surface area contributed by atoms with Crippen molar-refractivity contribution in [3.05, 3.63) is 12.2 Å². The number of aliphatic carboxylic acids is 1. The number of amides is 1. The molecule has 4 heteroatoms. The summed E-state index contributed by atoms with van der Waals surface area (Å²) < 4.78 is 0. The third kappa shape index (κ3) is 2.48. The summed E-state index contributed by atoms with van der Waals surface area (Å²) in [7, 11) is 0. The van der Waals surface area contributed by atoms with Gasteiger partial charge in [0.1, 0.15) is 0 Å². The Bertz CT molecular complexity index is 425. The Labute approximate surface area is 119 Å². The zero-order chi connectivity index (χ0) is 14.1. The SMILES string of the molecule is O=C(O)[C@@H]1[C@H](C(=O)NCC2CCCCC2)[C@@H]2C=C[C@H]1C2. The molecule has 0 heterocycles. The van der Waals surface area contributed by atoms with Gasteiger partial charge in [0, 0.05) is 6.54 Å². The van der Waals surface area contributed by atoms with Crippen molar-refractivity contribution in [1.82, 2.24) is 5.32 Å². The number of rotatable bonds is 4. The summed E-state index contributed by atoms with van der Waals surface area (Å²) in [6.07, 6.45) is 11.1. The number of allylic oxidation sites excluding steroid dienone is 2. The zero-order valence-electron chi connectivity index (χ0n) is 11.8. The van der Waals surface area contributed by atoms with E-state index in [0.29, 0.717) is 5.92 Å². The normalized spacial score (nSPS) is 36.2. The number of hydrogen-bond acceptors (Lipinski definition) is 2. The van der Waals surface area contributed by atoms with E-state index in [-0.39, 0.29) is 23.7 Å². The lowest BCUT2D eigenvalue weighted by molar-refractivity contribution is -0.147. The molecule has 0 unspecified atom stereocenters. The van der Waals surface area contributed by atoms with Gasteiger partial charge in [0.15, 0.2) is 0 Å². The molecule has 2 N–H and O–H groups in total. The number of carboxylic acid groups (broad SMARTS) is 1. The Kier molecular flexibility index (Phi) is 3.81.